The van der Waals surface area contributed by atoms with E-state index in [4.69, 9.17) is 0 Å². The molecule has 2 heterocycles. The highest BCUT2D eigenvalue weighted by Crippen LogP contribution is 2.31. The van der Waals surface area contributed by atoms with Crippen LogP contribution in [0.4, 0.5) is 21.5 Å². The smallest absolute Gasteiger partial charge is 0.273 e. The molecule has 1 N–H and O–H groups in total. The summed E-state index contributed by atoms with van der Waals surface area (Å²) in [6.45, 7) is 2.34. The molecule has 3 aromatic rings. The van der Waals surface area contributed by atoms with Crippen LogP contribution in [0.2, 0.25) is 0 Å². The zero-order valence-corrected chi connectivity index (χ0v) is 20.4. The third kappa shape index (κ3) is 5.16. The topological polar surface area (TPSA) is 95.8 Å². The van der Waals surface area contributed by atoms with Gasteiger partial charge in [0.25, 0.3) is 17.5 Å². The minimum Gasteiger partial charge on any atom is -0.374 e. The van der Waals surface area contributed by atoms with Crippen molar-refractivity contribution in [3.8, 4) is 0 Å². The number of nitrogens with zero attached hydrogens (tertiary/aromatic N) is 3. The Kier molecular flexibility index (Phi) is 6.60. The van der Waals surface area contributed by atoms with Crippen LogP contribution in [-0.4, -0.2) is 48.3 Å². The number of nitro benzene ring substituents is 1. The Morgan fingerprint density at radius 3 is 2.41 bits per heavy atom. The average Bonchev–Trinajstić information content (AvgIpc) is 3.28. The van der Waals surface area contributed by atoms with Crippen LogP contribution >= 0.6 is 0 Å². The number of piperidine rings is 1. The number of non-ortho nitro benzene ring substituents is 1. The Bertz CT molecular complexity index is 1370. The number of hydrogen-bond donors (Lipinski definition) is 1. The van der Waals surface area contributed by atoms with Gasteiger partial charge < -0.3 is 15.1 Å². The standard InChI is InChI=1S/C28H27FN4O4/c1-31-11-8-20-14-21(4-7-26(20)31)28(35)32-12-9-19(10-13-32)18-2-5-24(6-3-18)30-27(34)22-15-23(29)17-25(16-22)33(36)37/h2-7,14-17,19H,8-13H2,1H3,(H,30,34). The van der Waals surface area contributed by atoms with Gasteiger partial charge in [-0.3, -0.25) is 19.7 Å². The number of carbonyl (C=O) groups is 2. The molecule has 5 rings (SSSR count). The van der Waals surface area contributed by atoms with E-state index < -0.39 is 22.3 Å². The third-order valence-corrected chi connectivity index (χ3v) is 7.23. The normalized spacial score (nSPS) is 15.4. The maximum Gasteiger partial charge on any atom is 0.273 e. The lowest BCUT2D eigenvalue weighted by Gasteiger charge is -2.32. The molecule has 0 radical (unpaired) electrons. The number of amides is 2. The number of hydrogen-bond acceptors (Lipinski definition) is 5. The Morgan fingerprint density at radius 1 is 0.973 bits per heavy atom. The predicted octanol–water partition coefficient (Wildman–Crippen LogP) is 5.00. The maximum atomic E-state index is 13.7. The quantitative estimate of drug-likeness (QED) is 0.391. The Labute approximate surface area is 213 Å². The van der Waals surface area contributed by atoms with Gasteiger partial charge >= 0.3 is 0 Å². The van der Waals surface area contributed by atoms with Gasteiger partial charge in [-0.15, -0.1) is 0 Å². The van der Waals surface area contributed by atoms with Crippen LogP contribution in [0.25, 0.3) is 0 Å². The zero-order valence-electron chi connectivity index (χ0n) is 20.4. The van der Waals surface area contributed by atoms with E-state index in [1.165, 1.54) is 11.3 Å². The number of anilines is 2. The second-order valence-electron chi connectivity index (χ2n) is 9.61. The van der Waals surface area contributed by atoms with Gasteiger partial charge in [-0.1, -0.05) is 12.1 Å². The molecule has 190 valence electrons. The second-order valence-corrected chi connectivity index (χ2v) is 9.61. The fourth-order valence-corrected chi connectivity index (χ4v) is 5.15. The van der Waals surface area contributed by atoms with Crippen LogP contribution in [-0.2, 0) is 6.42 Å². The van der Waals surface area contributed by atoms with E-state index >= 15 is 0 Å². The fourth-order valence-electron chi connectivity index (χ4n) is 5.15. The summed E-state index contributed by atoms with van der Waals surface area (Å²) < 4.78 is 13.7. The summed E-state index contributed by atoms with van der Waals surface area (Å²) in [4.78, 5) is 39.9. The molecule has 0 unspecified atom stereocenters. The number of nitrogens with one attached hydrogen (secondary N) is 1. The lowest BCUT2D eigenvalue weighted by atomic mass is 9.89. The van der Waals surface area contributed by atoms with Crippen molar-refractivity contribution < 1.29 is 18.9 Å². The molecule has 0 bridgehead atoms. The summed E-state index contributed by atoms with van der Waals surface area (Å²) in [7, 11) is 2.07. The van der Waals surface area contributed by atoms with Crippen LogP contribution in [0.5, 0.6) is 0 Å². The van der Waals surface area contributed by atoms with Crippen molar-refractivity contribution in [2.75, 3.05) is 36.9 Å². The summed E-state index contributed by atoms with van der Waals surface area (Å²) in [6, 6.07) is 16.2. The van der Waals surface area contributed by atoms with E-state index in [0.29, 0.717) is 24.7 Å². The zero-order chi connectivity index (χ0) is 26.1. The van der Waals surface area contributed by atoms with Crippen molar-refractivity contribution in [3.63, 3.8) is 0 Å². The largest absolute Gasteiger partial charge is 0.374 e. The predicted molar refractivity (Wildman–Crippen MR) is 139 cm³/mol. The molecular weight excluding hydrogens is 475 g/mol. The number of halogens is 1. The summed E-state index contributed by atoms with van der Waals surface area (Å²) in [6.07, 6.45) is 2.66. The van der Waals surface area contributed by atoms with Gasteiger partial charge in [0.1, 0.15) is 5.82 Å². The van der Waals surface area contributed by atoms with E-state index in [1.807, 2.05) is 35.2 Å². The van der Waals surface area contributed by atoms with Crippen LogP contribution < -0.4 is 10.2 Å². The Hall–Kier alpha value is -4.27. The van der Waals surface area contributed by atoms with E-state index in [0.717, 1.165) is 55.1 Å². The fraction of sp³-hybridized carbons (Fsp3) is 0.286. The molecule has 2 aliphatic heterocycles. The van der Waals surface area contributed by atoms with Crippen LogP contribution in [0, 0.1) is 15.9 Å². The number of benzene rings is 3. The summed E-state index contributed by atoms with van der Waals surface area (Å²) in [5, 5.41) is 13.6. The SMILES string of the molecule is CN1CCc2cc(C(=O)N3CCC(c4ccc(NC(=O)c5cc(F)cc([N+](=O)[O-])c5)cc4)CC3)ccc21. The average molecular weight is 503 g/mol. The minimum absolute atomic E-state index is 0.0754. The molecule has 0 atom stereocenters. The van der Waals surface area contributed by atoms with Gasteiger partial charge in [0.15, 0.2) is 0 Å². The van der Waals surface area contributed by atoms with Gasteiger partial charge in [0, 0.05) is 55.2 Å². The van der Waals surface area contributed by atoms with Gasteiger partial charge in [0.05, 0.1) is 11.0 Å². The highest BCUT2D eigenvalue weighted by molar-refractivity contribution is 6.04. The lowest BCUT2D eigenvalue weighted by molar-refractivity contribution is -0.385. The first-order chi connectivity index (χ1) is 17.8. The summed E-state index contributed by atoms with van der Waals surface area (Å²) >= 11 is 0. The van der Waals surface area contributed by atoms with Crippen LogP contribution in [0.1, 0.15) is 50.6 Å². The van der Waals surface area contributed by atoms with Crippen molar-refractivity contribution in [2.24, 2.45) is 0 Å². The molecule has 8 nitrogen and oxygen atoms in total. The highest BCUT2D eigenvalue weighted by Gasteiger charge is 2.26. The third-order valence-electron chi connectivity index (χ3n) is 7.23. The molecule has 0 spiro atoms. The number of rotatable bonds is 5. The number of fused-ring (bicyclic) bond motifs is 1. The molecule has 2 aliphatic rings. The lowest BCUT2D eigenvalue weighted by Crippen LogP contribution is -2.37. The van der Waals surface area contributed by atoms with Crippen molar-refractivity contribution in [1.29, 1.82) is 0 Å². The Morgan fingerprint density at radius 2 is 1.70 bits per heavy atom. The maximum absolute atomic E-state index is 13.7. The number of nitro groups is 1. The van der Waals surface area contributed by atoms with Crippen molar-refractivity contribution in [1.82, 2.24) is 4.90 Å². The van der Waals surface area contributed by atoms with Crippen LogP contribution in [0.3, 0.4) is 0 Å². The molecule has 1 fully saturated rings. The molecule has 1 saturated heterocycles. The van der Waals surface area contributed by atoms with Crippen LogP contribution in [0.15, 0.2) is 60.7 Å². The minimum atomic E-state index is -0.844. The molecule has 3 aromatic carbocycles. The highest BCUT2D eigenvalue weighted by atomic mass is 19.1. The van der Waals surface area contributed by atoms with Crippen molar-refractivity contribution >= 4 is 28.9 Å². The van der Waals surface area contributed by atoms with Gasteiger partial charge in [-0.2, -0.15) is 0 Å². The van der Waals surface area contributed by atoms with E-state index in [1.54, 1.807) is 12.1 Å². The molecule has 0 aromatic heterocycles. The number of likely N-dealkylation sites (tertiary alicyclic amines) is 1. The van der Waals surface area contributed by atoms with Crippen molar-refractivity contribution in [2.45, 2.75) is 25.2 Å². The number of likely N-dealkylation sites (N-methyl/N-ethyl adjacent to an activating group) is 1. The van der Waals surface area contributed by atoms with Crippen molar-refractivity contribution in [3.05, 3.63) is 98.8 Å². The summed E-state index contributed by atoms with van der Waals surface area (Å²) in [5.41, 5.74) is 4.20. The molecule has 0 saturated carbocycles. The van der Waals surface area contributed by atoms with E-state index in [2.05, 4.69) is 17.3 Å². The van der Waals surface area contributed by atoms with E-state index in [-0.39, 0.29) is 11.5 Å². The summed E-state index contributed by atoms with van der Waals surface area (Å²) in [5.74, 6) is -1.09. The Balaban J connectivity index is 1.18. The monoisotopic (exact) mass is 502 g/mol. The van der Waals surface area contributed by atoms with E-state index in [9.17, 15) is 24.1 Å². The first kappa shape index (κ1) is 24.4. The molecule has 9 heteroatoms. The number of carbonyl (C=O) groups excluding carboxylic acids is 2. The molecule has 0 aliphatic carbocycles. The second kappa shape index (κ2) is 10.0. The van der Waals surface area contributed by atoms with Gasteiger partial charge in [0.2, 0.25) is 0 Å². The molecule has 37 heavy (non-hydrogen) atoms. The molecule has 2 amide bonds. The van der Waals surface area contributed by atoms with Gasteiger partial charge in [-0.25, -0.2) is 4.39 Å². The first-order valence-electron chi connectivity index (χ1n) is 12.3. The van der Waals surface area contributed by atoms with Gasteiger partial charge in [-0.05, 0) is 72.7 Å². The molecular formula is C28H27FN4O4. The first-order valence-corrected chi connectivity index (χ1v) is 12.3.